The number of fused-ring (bicyclic) bond motifs is 1. The fourth-order valence-electron chi connectivity index (χ4n) is 4.50. The number of carbonyl (C=O) groups excluding carboxylic acids is 1. The SMILES string of the molecule is O=C(C[n+]1nn(/C(=C(/O)c2ccc(Cl)cc2)c2c([N+](=O)[O-])cc([N+](=O)[O-])cc2[N+](=O)[O-])c2ccccc21)c1ccccc1. The summed E-state index contributed by atoms with van der Waals surface area (Å²) in [5.41, 5.74) is -3.24. The Labute approximate surface area is 245 Å². The first kappa shape index (κ1) is 28.5. The topological polar surface area (TPSA) is 188 Å². The van der Waals surface area contributed by atoms with Gasteiger partial charge >= 0.3 is 0 Å². The van der Waals surface area contributed by atoms with E-state index >= 15 is 0 Å². The largest absolute Gasteiger partial charge is 0.503 e. The third kappa shape index (κ3) is 5.49. The number of Topliss-reactive ketones (excluding diaryl/α,β-unsaturated/α-hetero) is 1. The maximum atomic E-state index is 13.1. The monoisotopic (exact) mass is 601 g/mol. The number of carbonyl (C=O) groups is 1. The van der Waals surface area contributed by atoms with Gasteiger partial charge in [-0.15, -0.1) is 4.68 Å². The fourth-order valence-corrected chi connectivity index (χ4v) is 4.63. The maximum Gasteiger partial charge on any atom is 0.295 e. The molecule has 14 nitrogen and oxygen atoms in total. The average Bonchev–Trinajstić information content (AvgIpc) is 3.35. The van der Waals surface area contributed by atoms with E-state index < -0.39 is 48.9 Å². The zero-order valence-corrected chi connectivity index (χ0v) is 22.5. The second-order valence-electron chi connectivity index (χ2n) is 9.07. The smallest absolute Gasteiger partial charge is 0.295 e. The zero-order valence-electron chi connectivity index (χ0n) is 21.7. The van der Waals surface area contributed by atoms with Gasteiger partial charge in [0.05, 0.1) is 32.1 Å². The minimum atomic E-state index is -1.03. The van der Waals surface area contributed by atoms with Gasteiger partial charge in [-0.25, -0.2) is 0 Å². The summed E-state index contributed by atoms with van der Waals surface area (Å²) in [6.45, 7) is -0.295. The van der Waals surface area contributed by atoms with Gasteiger partial charge in [0.25, 0.3) is 17.1 Å². The van der Waals surface area contributed by atoms with Gasteiger partial charge < -0.3 is 5.11 Å². The molecule has 4 aromatic carbocycles. The molecule has 1 N–H and O–H groups in total. The molecule has 43 heavy (non-hydrogen) atoms. The van der Waals surface area contributed by atoms with Crippen molar-refractivity contribution >= 4 is 56.9 Å². The molecule has 0 aliphatic heterocycles. The number of aliphatic hydroxyl groups is 1. The van der Waals surface area contributed by atoms with Gasteiger partial charge in [-0.05, 0) is 36.4 Å². The number of hydrogen-bond donors (Lipinski definition) is 1. The lowest BCUT2D eigenvalue weighted by molar-refractivity contribution is -0.719. The molecule has 0 fully saturated rings. The van der Waals surface area contributed by atoms with Crippen molar-refractivity contribution in [1.82, 2.24) is 9.90 Å². The molecule has 1 heterocycles. The lowest BCUT2D eigenvalue weighted by Gasteiger charge is -2.09. The second kappa shape index (κ2) is 11.5. The highest BCUT2D eigenvalue weighted by Gasteiger charge is 2.40. The predicted molar refractivity (Wildman–Crippen MR) is 153 cm³/mol. The molecule has 0 aliphatic rings. The first-order valence-electron chi connectivity index (χ1n) is 12.3. The van der Waals surface area contributed by atoms with Crippen molar-refractivity contribution in [2.75, 3.05) is 0 Å². The van der Waals surface area contributed by atoms with E-state index in [4.69, 9.17) is 11.6 Å². The Morgan fingerprint density at radius 3 is 1.98 bits per heavy atom. The molecule has 214 valence electrons. The molecule has 0 radical (unpaired) electrons. The molecular formula is C28H18ClN6O8+. The highest BCUT2D eigenvalue weighted by Crippen LogP contribution is 2.42. The van der Waals surface area contributed by atoms with Crippen LogP contribution in [-0.4, -0.2) is 35.6 Å². The molecule has 0 atom stereocenters. The minimum absolute atomic E-state index is 0.0489. The number of aliphatic hydroxyl groups excluding tert-OH is 1. The lowest BCUT2D eigenvalue weighted by Crippen LogP contribution is -2.41. The van der Waals surface area contributed by atoms with E-state index in [9.17, 15) is 40.2 Å². The second-order valence-corrected chi connectivity index (χ2v) is 9.51. The standard InChI is InChI=1S/C28H17ClN6O8/c29-19-12-10-18(11-13-19)28(37)27(26-23(34(40)41)14-20(33(38)39)15-24(26)35(42)43)32-22-9-5-4-8-21(22)31(30-32)16-25(36)17-6-2-1-3-7-17/h1-15H,16H2/p+1. The summed E-state index contributed by atoms with van der Waals surface area (Å²) in [6, 6.07) is 21.4. The van der Waals surface area contributed by atoms with Gasteiger partial charge in [0.15, 0.2) is 23.4 Å². The van der Waals surface area contributed by atoms with Gasteiger partial charge in [0.1, 0.15) is 0 Å². The quantitative estimate of drug-likeness (QED) is 0.0566. The van der Waals surface area contributed by atoms with Crippen LogP contribution in [0.5, 0.6) is 0 Å². The van der Waals surface area contributed by atoms with Crippen molar-refractivity contribution in [2.24, 2.45) is 0 Å². The van der Waals surface area contributed by atoms with Crippen LogP contribution in [0.2, 0.25) is 5.02 Å². The minimum Gasteiger partial charge on any atom is -0.503 e. The lowest BCUT2D eigenvalue weighted by atomic mass is 10.0. The molecule has 0 bridgehead atoms. The third-order valence-electron chi connectivity index (χ3n) is 6.45. The van der Waals surface area contributed by atoms with E-state index in [1.54, 1.807) is 48.5 Å². The molecular weight excluding hydrogens is 584 g/mol. The molecule has 0 amide bonds. The Balaban J connectivity index is 1.87. The summed E-state index contributed by atoms with van der Waals surface area (Å²) < 4.78 is 2.31. The van der Waals surface area contributed by atoms with Crippen LogP contribution in [0.15, 0.2) is 91.0 Å². The molecule has 15 heteroatoms. The molecule has 0 saturated carbocycles. The molecule has 0 unspecified atom stereocenters. The summed E-state index contributed by atoms with van der Waals surface area (Å²) in [7, 11) is 0. The number of nitro benzene ring substituents is 3. The average molecular weight is 602 g/mol. The number of nitrogens with zero attached hydrogens (tertiary/aromatic N) is 6. The van der Waals surface area contributed by atoms with E-state index in [0.717, 1.165) is 4.68 Å². The Bertz CT molecular complexity index is 1940. The van der Waals surface area contributed by atoms with Gasteiger partial charge in [0.2, 0.25) is 17.0 Å². The number of aromatic nitrogens is 3. The number of ketones is 1. The molecule has 0 saturated heterocycles. The highest BCUT2D eigenvalue weighted by atomic mass is 35.5. The van der Waals surface area contributed by atoms with Crippen LogP contribution in [0.4, 0.5) is 17.1 Å². The third-order valence-corrected chi connectivity index (χ3v) is 6.70. The Kier molecular flexibility index (Phi) is 7.60. The Hall–Kier alpha value is -6.02. The first-order valence-corrected chi connectivity index (χ1v) is 12.7. The number of rotatable bonds is 9. The number of non-ortho nitro benzene ring substituents is 1. The van der Waals surface area contributed by atoms with Crippen molar-refractivity contribution < 1.29 is 29.4 Å². The van der Waals surface area contributed by atoms with Gasteiger partial charge in [0, 0.05) is 16.1 Å². The Morgan fingerprint density at radius 2 is 1.40 bits per heavy atom. The number of halogens is 1. The van der Waals surface area contributed by atoms with E-state index in [2.05, 4.69) is 5.21 Å². The Morgan fingerprint density at radius 1 is 0.814 bits per heavy atom. The fraction of sp³-hybridized carbons (Fsp3) is 0.0357. The van der Waals surface area contributed by atoms with Crippen molar-refractivity contribution in [2.45, 2.75) is 6.54 Å². The van der Waals surface area contributed by atoms with Gasteiger partial charge in [-0.3, -0.25) is 35.1 Å². The molecule has 1 aromatic heterocycles. The summed E-state index contributed by atoms with van der Waals surface area (Å²) in [5.74, 6) is -1.02. The molecule has 0 spiro atoms. The van der Waals surface area contributed by atoms with Crippen LogP contribution in [0, 0.1) is 30.3 Å². The highest BCUT2D eigenvalue weighted by molar-refractivity contribution is 6.30. The summed E-state index contributed by atoms with van der Waals surface area (Å²) in [5, 5.41) is 52.4. The molecule has 5 rings (SSSR count). The normalized spacial score (nSPS) is 11.7. The van der Waals surface area contributed by atoms with Crippen molar-refractivity contribution in [3.05, 3.63) is 143 Å². The number of hydrogen-bond acceptors (Lipinski definition) is 9. The van der Waals surface area contributed by atoms with Crippen LogP contribution in [0.3, 0.4) is 0 Å². The first-order chi connectivity index (χ1) is 20.6. The predicted octanol–water partition coefficient (Wildman–Crippen LogP) is 5.52. The van der Waals surface area contributed by atoms with Crippen molar-refractivity contribution in [3.8, 4) is 0 Å². The van der Waals surface area contributed by atoms with Crippen LogP contribution >= 0.6 is 11.6 Å². The maximum absolute atomic E-state index is 13.1. The summed E-state index contributed by atoms with van der Waals surface area (Å²) >= 11 is 6.00. The van der Waals surface area contributed by atoms with E-state index in [1.165, 1.54) is 35.0 Å². The van der Waals surface area contributed by atoms with Crippen molar-refractivity contribution in [3.63, 3.8) is 0 Å². The van der Waals surface area contributed by atoms with Crippen LogP contribution in [0.25, 0.3) is 22.5 Å². The van der Waals surface area contributed by atoms with Crippen LogP contribution in [-0.2, 0) is 6.54 Å². The molecule has 5 aromatic rings. The zero-order chi connectivity index (χ0) is 30.8. The number of nitro groups is 3. The number of para-hydroxylation sites is 2. The summed E-state index contributed by atoms with van der Waals surface area (Å²) in [4.78, 5) is 46.0. The van der Waals surface area contributed by atoms with Gasteiger partial charge in [-0.2, -0.15) is 0 Å². The van der Waals surface area contributed by atoms with E-state index in [0.29, 0.717) is 28.2 Å². The van der Waals surface area contributed by atoms with Gasteiger partial charge in [-0.1, -0.05) is 58.7 Å². The van der Waals surface area contributed by atoms with E-state index in [1.807, 2.05) is 0 Å². The summed E-state index contributed by atoms with van der Waals surface area (Å²) in [6.07, 6.45) is 0. The van der Waals surface area contributed by atoms with E-state index in [-0.39, 0.29) is 23.4 Å². The van der Waals surface area contributed by atoms with Crippen LogP contribution < -0.4 is 4.68 Å². The van der Waals surface area contributed by atoms with Crippen LogP contribution in [0.1, 0.15) is 21.5 Å². The number of benzene rings is 4. The van der Waals surface area contributed by atoms with Crippen molar-refractivity contribution in [1.29, 1.82) is 0 Å². The molecule has 0 aliphatic carbocycles.